The molecule has 0 unspecified atom stereocenters. The van der Waals surface area contributed by atoms with Crippen LogP contribution in [0, 0.1) is 5.92 Å². The van der Waals surface area contributed by atoms with Crippen molar-refractivity contribution in [2.75, 3.05) is 13.2 Å². The van der Waals surface area contributed by atoms with Crippen LogP contribution in [0.2, 0.25) is 0 Å². The highest BCUT2D eigenvalue weighted by molar-refractivity contribution is 7.46. The molecule has 296 valence electrons. The summed E-state index contributed by atoms with van der Waals surface area (Å²) in [5, 5.41) is 20.1. The highest BCUT2D eigenvalue weighted by atomic mass is 31.2. The van der Waals surface area contributed by atoms with E-state index < -0.39 is 51.3 Å². The average Bonchev–Trinajstić information content (AvgIpc) is 3.07. The fourth-order valence-corrected chi connectivity index (χ4v) is 5.58. The first-order valence-electron chi connectivity index (χ1n) is 19.5. The summed E-state index contributed by atoms with van der Waals surface area (Å²) in [6.45, 7) is 5.71. The zero-order valence-electron chi connectivity index (χ0n) is 31.9. The lowest BCUT2D eigenvalue weighted by Crippen LogP contribution is -2.29. The zero-order valence-corrected chi connectivity index (χ0v) is 32.8. The number of hydrogen-bond donors (Lipinski definition) is 4. The van der Waals surface area contributed by atoms with Crippen LogP contribution in [0.3, 0.4) is 0 Å². The van der Waals surface area contributed by atoms with Crippen LogP contribution >= 0.6 is 7.82 Å². The number of phosphoric ester groups is 1. The third kappa shape index (κ3) is 37.5. The van der Waals surface area contributed by atoms with Crippen molar-refractivity contribution in [1.29, 1.82) is 0 Å². The second-order valence-corrected chi connectivity index (χ2v) is 15.0. The minimum Gasteiger partial charge on any atom is -0.462 e. The molecule has 0 spiro atoms. The maximum Gasteiger partial charge on any atom is 0.469 e. The van der Waals surface area contributed by atoms with Crippen LogP contribution < -0.4 is 0 Å². The predicted octanol–water partition coefficient (Wildman–Crippen LogP) is 9.37. The van der Waals surface area contributed by atoms with Gasteiger partial charge in [-0.2, -0.15) is 0 Å². The summed E-state index contributed by atoms with van der Waals surface area (Å²) in [5.41, 5.74) is 0. The molecule has 0 fully saturated rings. The second kappa shape index (κ2) is 33.7. The van der Waals surface area contributed by atoms with Crippen molar-refractivity contribution in [1.82, 2.24) is 0 Å². The molecule has 51 heavy (non-hydrogen) atoms. The van der Waals surface area contributed by atoms with Gasteiger partial charge in [0, 0.05) is 12.8 Å². The van der Waals surface area contributed by atoms with Gasteiger partial charge in [-0.25, -0.2) is 4.57 Å². The van der Waals surface area contributed by atoms with Crippen molar-refractivity contribution in [2.24, 2.45) is 5.92 Å². The molecule has 11 heteroatoms. The van der Waals surface area contributed by atoms with Crippen molar-refractivity contribution < 1.29 is 48.2 Å². The molecule has 0 aliphatic carbocycles. The third-order valence-corrected chi connectivity index (χ3v) is 8.70. The maximum atomic E-state index is 12.4. The molecule has 0 aromatic heterocycles. The summed E-state index contributed by atoms with van der Waals surface area (Å²) >= 11 is 0. The Morgan fingerprint density at radius 2 is 1.22 bits per heavy atom. The number of phosphoric acid groups is 1. The van der Waals surface area contributed by atoms with Crippen LogP contribution in [0.15, 0.2) is 48.6 Å². The lowest BCUT2D eigenvalue weighted by Gasteiger charge is -2.18. The van der Waals surface area contributed by atoms with Crippen molar-refractivity contribution in [3.05, 3.63) is 48.6 Å². The number of hydrogen-bond acceptors (Lipinski definition) is 8. The molecule has 0 rings (SSSR count). The summed E-state index contributed by atoms with van der Waals surface area (Å²) in [6.07, 6.45) is 31.9. The fourth-order valence-electron chi connectivity index (χ4n) is 5.22. The summed E-state index contributed by atoms with van der Waals surface area (Å²) in [4.78, 5) is 42.7. The van der Waals surface area contributed by atoms with E-state index in [4.69, 9.17) is 19.3 Å². The van der Waals surface area contributed by atoms with Crippen molar-refractivity contribution >= 4 is 19.8 Å². The molecular weight excluding hydrogens is 671 g/mol. The molecule has 0 bridgehead atoms. The molecule has 0 aliphatic heterocycles. The van der Waals surface area contributed by atoms with Gasteiger partial charge in [-0.1, -0.05) is 153 Å². The number of esters is 2. The summed E-state index contributed by atoms with van der Waals surface area (Å²) in [6, 6.07) is 0. The number of carbonyl (C=O) groups is 2. The quantitative estimate of drug-likeness (QED) is 0.0164. The van der Waals surface area contributed by atoms with Crippen molar-refractivity contribution in [3.8, 4) is 0 Å². The smallest absolute Gasteiger partial charge is 0.462 e. The highest BCUT2D eigenvalue weighted by Gasteiger charge is 2.23. The molecule has 0 heterocycles. The van der Waals surface area contributed by atoms with Crippen LogP contribution in [-0.2, 0) is 28.2 Å². The highest BCUT2D eigenvalue weighted by Crippen LogP contribution is 2.36. The van der Waals surface area contributed by atoms with E-state index in [-0.39, 0.29) is 12.8 Å². The Hall–Kier alpha value is -2.07. The summed E-state index contributed by atoms with van der Waals surface area (Å²) in [7, 11) is -4.81. The Bertz CT molecular complexity index is 1020. The van der Waals surface area contributed by atoms with E-state index in [2.05, 4.69) is 31.4 Å². The number of allylic oxidation sites excluding steroid dienone is 5. The largest absolute Gasteiger partial charge is 0.469 e. The van der Waals surface area contributed by atoms with Crippen LogP contribution in [-0.4, -0.2) is 63.5 Å². The second-order valence-electron chi connectivity index (χ2n) is 13.8. The van der Waals surface area contributed by atoms with E-state index in [1.165, 1.54) is 70.6 Å². The Kier molecular flexibility index (Phi) is 32.4. The lowest BCUT2D eigenvalue weighted by atomic mass is 10.0. The van der Waals surface area contributed by atoms with Gasteiger partial charge in [0.15, 0.2) is 6.10 Å². The molecule has 0 saturated heterocycles. The van der Waals surface area contributed by atoms with Gasteiger partial charge in [0.1, 0.15) is 6.61 Å². The SMILES string of the molecule is CCCCC/C=C\C[C@@H](O)/C=C/C=C/C=C\[C@@H](O)CCCC(=O)OC[C@H](COP(=O)(O)O)OC(=O)CCCCCCCCCCCCCC(C)C. The van der Waals surface area contributed by atoms with Gasteiger partial charge in [0.25, 0.3) is 0 Å². The first kappa shape index (κ1) is 48.9. The van der Waals surface area contributed by atoms with E-state index in [0.717, 1.165) is 31.6 Å². The zero-order chi connectivity index (χ0) is 38.0. The van der Waals surface area contributed by atoms with Gasteiger partial charge >= 0.3 is 19.8 Å². The molecule has 0 radical (unpaired) electrons. The van der Waals surface area contributed by atoms with E-state index in [9.17, 15) is 24.4 Å². The first-order valence-corrected chi connectivity index (χ1v) is 21.0. The van der Waals surface area contributed by atoms with E-state index in [0.29, 0.717) is 25.7 Å². The van der Waals surface area contributed by atoms with Gasteiger partial charge in [-0.05, 0) is 44.4 Å². The van der Waals surface area contributed by atoms with Gasteiger partial charge < -0.3 is 29.5 Å². The number of carbonyl (C=O) groups excluding carboxylic acids is 2. The third-order valence-electron chi connectivity index (χ3n) is 8.22. The van der Waals surface area contributed by atoms with E-state index in [1.807, 2.05) is 6.08 Å². The predicted molar refractivity (Wildman–Crippen MR) is 205 cm³/mol. The van der Waals surface area contributed by atoms with Crippen LogP contribution in [0.4, 0.5) is 0 Å². The molecule has 0 aromatic rings. The van der Waals surface area contributed by atoms with E-state index in [1.54, 1.807) is 36.5 Å². The molecule has 0 amide bonds. The van der Waals surface area contributed by atoms with Gasteiger partial charge in [-0.3, -0.25) is 14.1 Å². The molecule has 10 nitrogen and oxygen atoms in total. The summed E-state index contributed by atoms with van der Waals surface area (Å²) < 4.78 is 26.2. The molecule has 0 aromatic carbocycles. The minimum atomic E-state index is -4.81. The number of unbranched alkanes of at least 4 members (excludes halogenated alkanes) is 13. The molecule has 0 saturated carbocycles. The fraction of sp³-hybridized carbons (Fsp3) is 0.750. The monoisotopic (exact) mass is 742 g/mol. The first-order chi connectivity index (χ1) is 24.4. The lowest BCUT2D eigenvalue weighted by molar-refractivity contribution is -0.161. The Morgan fingerprint density at radius 1 is 0.647 bits per heavy atom. The average molecular weight is 743 g/mol. The van der Waals surface area contributed by atoms with Crippen LogP contribution in [0.5, 0.6) is 0 Å². The maximum absolute atomic E-state index is 12.4. The van der Waals surface area contributed by atoms with E-state index >= 15 is 0 Å². The number of rotatable bonds is 34. The topological polar surface area (TPSA) is 160 Å². The molecule has 3 atom stereocenters. The van der Waals surface area contributed by atoms with Gasteiger partial charge in [0.05, 0.1) is 18.8 Å². The van der Waals surface area contributed by atoms with Gasteiger partial charge in [-0.15, -0.1) is 0 Å². The Morgan fingerprint density at radius 3 is 1.80 bits per heavy atom. The molecule has 4 N–H and O–H groups in total. The molecular formula is C40H71O10P. The minimum absolute atomic E-state index is 0.00668. The molecule has 0 aliphatic rings. The number of aliphatic hydroxyl groups excluding tert-OH is 2. The number of aliphatic hydroxyl groups is 2. The van der Waals surface area contributed by atoms with Gasteiger partial charge in [0.2, 0.25) is 0 Å². The van der Waals surface area contributed by atoms with Crippen molar-refractivity contribution in [2.45, 2.75) is 174 Å². The standard InChI is InChI=1S/C40H71O10P/c1-4-5-6-7-16-21-27-36(41)28-22-18-19-23-29-37(42)30-25-32-39(43)48-33-38(34-49-51(45,46)47)50-40(44)31-24-17-14-12-10-8-9-11-13-15-20-26-35(2)3/h16,18-19,21-23,28-29,35-38,41-42H,4-15,17,20,24-27,30-34H2,1-3H3,(H2,45,46,47)/b19-18+,21-16-,28-22+,29-23-/t36-,37-,38-/m1/s1. The summed E-state index contributed by atoms with van der Waals surface area (Å²) in [5.74, 6) is -0.335. The van der Waals surface area contributed by atoms with Crippen LogP contribution in [0.1, 0.15) is 156 Å². The van der Waals surface area contributed by atoms with Crippen LogP contribution in [0.25, 0.3) is 0 Å². The Labute approximate surface area is 309 Å². The number of ether oxygens (including phenoxy) is 2. The Balaban J connectivity index is 4.23. The van der Waals surface area contributed by atoms with Crippen molar-refractivity contribution in [3.63, 3.8) is 0 Å². The normalized spacial score (nSPS) is 14.4.